The SMILES string of the molecule is CCN(CC)C(=O)[C@@H](C)Oc1ccc2c(c1)OCO2. The van der Waals surface area contributed by atoms with Gasteiger partial charge in [0.05, 0.1) is 0 Å². The van der Waals surface area contributed by atoms with Crippen molar-refractivity contribution in [1.29, 1.82) is 0 Å². The zero-order chi connectivity index (χ0) is 13.8. The van der Waals surface area contributed by atoms with E-state index in [1.807, 2.05) is 13.8 Å². The lowest BCUT2D eigenvalue weighted by Gasteiger charge is -2.23. The predicted octanol–water partition coefficient (Wildman–Crippen LogP) is 2.05. The number of rotatable bonds is 5. The van der Waals surface area contributed by atoms with Crippen LogP contribution in [0.5, 0.6) is 17.2 Å². The molecule has 5 heteroatoms. The predicted molar refractivity (Wildman–Crippen MR) is 70.6 cm³/mol. The molecule has 0 aromatic heterocycles. The summed E-state index contributed by atoms with van der Waals surface area (Å²) in [4.78, 5) is 13.8. The smallest absolute Gasteiger partial charge is 0.263 e. The molecule has 1 heterocycles. The summed E-state index contributed by atoms with van der Waals surface area (Å²) in [5.41, 5.74) is 0. The Kier molecular flexibility index (Phi) is 4.14. The van der Waals surface area contributed by atoms with Crippen molar-refractivity contribution >= 4 is 5.91 Å². The minimum atomic E-state index is -0.514. The molecule has 1 amide bonds. The van der Waals surface area contributed by atoms with E-state index in [4.69, 9.17) is 14.2 Å². The van der Waals surface area contributed by atoms with Crippen LogP contribution in [-0.4, -0.2) is 36.8 Å². The number of amides is 1. The van der Waals surface area contributed by atoms with Crippen molar-refractivity contribution in [2.75, 3.05) is 19.9 Å². The Morgan fingerprint density at radius 1 is 1.32 bits per heavy atom. The molecule has 19 heavy (non-hydrogen) atoms. The Labute approximate surface area is 113 Å². The third kappa shape index (κ3) is 2.92. The first kappa shape index (κ1) is 13.5. The highest BCUT2D eigenvalue weighted by Gasteiger charge is 2.21. The van der Waals surface area contributed by atoms with Crippen LogP contribution >= 0.6 is 0 Å². The number of nitrogens with zero attached hydrogens (tertiary/aromatic N) is 1. The van der Waals surface area contributed by atoms with Crippen LogP contribution in [0, 0.1) is 0 Å². The second-order valence-corrected chi connectivity index (χ2v) is 4.29. The molecule has 1 aliphatic heterocycles. The van der Waals surface area contributed by atoms with E-state index in [1.54, 1.807) is 30.0 Å². The van der Waals surface area contributed by atoms with Crippen LogP contribution in [0.4, 0.5) is 0 Å². The summed E-state index contributed by atoms with van der Waals surface area (Å²) >= 11 is 0. The van der Waals surface area contributed by atoms with Crippen molar-refractivity contribution in [3.63, 3.8) is 0 Å². The molecule has 0 saturated heterocycles. The number of fused-ring (bicyclic) bond motifs is 1. The zero-order valence-electron chi connectivity index (χ0n) is 11.5. The van der Waals surface area contributed by atoms with Crippen LogP contribution in [0.3, 0.4) is 0 Å². The van der Waals surface area contributed by atoms with E-state index in [0.717, 1.165) is 0 Å². The van der Waals surface area contributed by atoms with E-state index in [0.29, 0.717) is 30.3 Å². The van der Waals surface area contributed by atoms with Crippen LogP contribution in [0.15, 0.2) is 18.2 Å². The fraction of sp³-hybridized carbons (Fsp3) is 0.500. The molecule has 1 atom stereocenters. The average molecular weight is 265 g/mol. The lowest BCUT2D eigenvalue weighted by molar-refractivity contribution is -0.137. The van der Waals surface area contributed by atoms with Gasteiger partial charge in [-0.25, -0.2) is 0 Å². The number of benzene rings is 1. The van der Waals surface area contributed by atoms with E-state index in [2.05, 4.69) is 0 Å². The van der Waals surface area contributed by atoms with Gasteiger partial charge in [0.1, 0.15) is 5.75 Å². The number of carbonyl (C=O) groups excluding carboxylic acids is 1. The molecule has 1 aliphatic rings. The van der Waals surface area contributed by atoms with Crippen LogP contribution in [0.1, 0.15) is 20.8 Å². The summed E-state index contributed by atoms with van der Waals surface area (Å²) in [5, 5.41) is 0. The topological polar surface area (TPSA) is 48.0 Å². The van der Waals surface area contributed by atoms with Crippen LogP contribution in [-0.2, 0) is 4.79 Å². The van der Waals surface area contributed by atoms with E-state index >= 15 is 0 Å². The molecule has 0 N–H and O–H groups in total. The average Bonchev–Trinajstić information content (AvgIpc) is 2.87. The second kappa shape index (κ2) is 5.82. The lowest BCUT2D eigenvalue weighted by Crippen LogP contribution is -2.40. The first-order chi connectivity index (χ1) is 9.15. The van der Waals surface area contributed by atoms with Gasteiger partial charge in [-0.05, 0) is 32.9 Å². The summed E-state index contributed by atoms with van der Waals surface area (Å²) in [6, 6.07) is 5.31. The van der Waals surface area contributed by atoms with Crippen LogP contribution < -0.4 is 14.2 Å². The van der Waals surface area contributed by atoms with Gasteiger partial charge in [0.25, 0.3) is 5.91 Å². The Hall–Kier alpha value is -1.91. The number of carbonyl (C=O) groups is 1. The Bertz CT molecular complexity index is 457. The molecule has 0 saturated carbocycles. The van der Waals surface area contributed by atoms with Crippen molar-refractivity contribution in [3.05, 3.63) is 18.2 Å². The van der Waals surface area contributed by atoms with Gasteiger partial charge in [0, 0.05) is 19.2 Å². The maximum absolute atomic E-state index is 12.1. The normalized spacial score (nSPS) is 14.1. The molecule has 0 aliphatic carbocycles. The highest BCUT2D eigenvalue weighted by Crippen LogP contribution is 2.35. The van der Waals surface area contributed by atoms with Gasteiger partial charge in [0.15, 0.2) is 17.6 Å². The maximum Gasteiger partial charge on any atom is 0.263 e. The molecule has 5 nitrogen and oxygen atoms in total. The van der Waals surface area contributed by atoms with Gasteiger partial charge in [-0.1, -0.05) is 0 Å². The minimum Gasteiger partial charge on any atom is -0.481 e. The summed E-state index contributed by atoms with van der Waals surface area (Å²) < 4.78 is 16.2. The summed E-state index contributed by atoms with van der Waals surface area (Å²) in [6.07, 6.45) is -0.514. The van der Waals surface area contributed by atoms with Gasteiger partial charge in [-0.3, -0.25) is 4.79 Å². The first-order valence-corrected chi connectivity index (χ1v) is 6.50. The Balaban J connectivity index is 2.02. The highest BCUT2D eigenvalue weighted by atomic mass is 16.7. The van der Waals surface area contributed by atoms with Crippen LogP contribution in [0.25, 0.3) is 0 Å². The first-order valence-electron chi connectivity index (χ1n) is 6.50. The number of ether oxygens (including phenoxy) is 3. The molecular weight excluding hydrogens is 246 g/mol. The summed E-state index contributed by atoms with van der Waals surface area (Å²) in [7, 11) is 0. The van der Waals surface area contributed by atoms with Gasteiger partial charge in [-0.15, -0.1) is 0 Å². The van der Waals surface area contributed by atoms with Gasteiger partial charge < -0.3 is 19.1 Å². The maximum atomic E-state index is 12.1. The molecule has 1 aromatic rings. The van der Waals surface area contributed by atoms with E-state index in [9.17, 15) is 4.79 Å². The standard InChI is InChI=1S/C14H19NO4/c1-4-15(5-2)14(16)10(3)19-11-6-7-12-13(8-11)18-9-17-12/h6-8,10H,4-5,9H2,1-3H3/t10-/m1/s1. The van der Waals surface area contributed by atoms with Gasteiger partial charge in [-0.2, -0.15) is 0 Å². The Morgan fingerprint density at radius 2 is 2.00 bits per heavy atom. The van der Waals surface area contributed by atoms with Crippen molar-refractivity contribution in [2.45, 2.75) is 26.9 Å². The third-order valence-electron chi connectivity index (χ3n) is 3.08. The fourth-order valence-electron chi connectivity index (χ4n) is 2.00. The molecule has 104 valence electrons. The monoisotopic (exact) mass is 265 g/mol. The van der Waals surface area contributed by atoms with Gasteiger partial charge >= 0.3 is 0 Å². The van der Waals surface area contributed by atoms with E-state index in [-0.39, 0.29) is 12.7 Å². The molecule has 0 bridgehead atoms. The second-order valence-electron chi connectivity index (χ2n) is 4.29. The summed E-state index contributed by atoms with van der Waals surface area (Å²) in [6.45, 7) is 7.26. The highest BCUT2D eigenvalue weighted by molar-refractivity contribution is 5.80. The quantitative estimate of drug-likeness (QED) is 0.817. The fourth-order valence-corrected chi connectivity index (χ4v) is 2.00. The lowest BCUT2D eigenvalue weighted by atomic mass is 10.3. The van der Waals surface area contributed by atoms with Crippen molar-refractivity contribution in [2.24, 2.45) is 0 Å². The zero-order valence-corrected chi connectivity index (χ0v) is 11.5. The van der Waals surface area contributed by atoms with E-state index < -0.39 is 6.10 Å². The van der Waals surface area contributed by atoms with Crippen molar-refractivity contribution in [3.8, 4) is 17.2 Å². The molecule has 1 aromatic carbocycles. The van der Waals surface area contributed by atoms with Crippen molar-refractivity contribution in [1.82, 2.24) is 4.90 Å². The molecular formula is C14H19NO4. The number of hydrogen-bond acceptors (Lipinski definition) is 4. The summed E-state index contributed by atoms with van der Waals surface area (Å²) in [5.74, 6) is 1.95. The molecule has 2 rings (SSSR count). The number of likely N-dealkylation sites (N-methyl/N-ethyl adjacent to an activating group) is 1. The number of hydrogen-bond donors (Lipinski definition) is 0. The van der Waals surface area contributed by atoms with Gasteiger partial charge in [0.2, 0.25) is 6.79 Å². The molecule has 0 fully saturated rings. The third-order valence-corrected chi connectivity index (χ3v) is 3.08. The van der Waals surface area contributed by atoms with Crippen LogP contribution in [0.2, 0.25) is 0 Å². The van der Waals surface area contributed by atoms with E-state index in [1.165, 1.54) is 0 Å². The molecule has 0 unspecified atom stereocenters. The Morgan fingerprint density at radius 3 is 2.68 bits per heavy atom. The molecule has 0 spiro atoms. The largest absolute Gasteiger partial charge is 0.481 e. The van der Waals surface area contributed by atoms with Crippen molar-refractivity contribution < 1.29 is 19.0 Å². The minimum absolute atomic E-state index is 0.0114. The molecule has 0 radical (unpaired) electrons.